The molecule has 0 bridgehead atoms. The van der Waals surface area contributed by atoms with E-state index in [0.717, 1.165) is 11.3 Å². The maximum absolute atomic E-state index is 10.0. The molecule has 2 aromatic carbocycles. The quantitative estimate of drug-likeness (QED) is 0.768. The van der Waals surface area contributed by atoms with Crippen molar-refractivity contribution in [3.63, 3.8) is 0 Å². The van der Waals surface area contributed by atoms with Gasteiger partial charge in [0.05, 0.1) is 6.10 Å². The van der Waals surface area contributed by atoms with Crippen LogP contribution in [-0.2, 0) is 0 Å². The molecular weight excluding hydrogens is 262 g/mol. The lowest BCUT2D eigenvalue weighted by Gasteiger charge is -2.14. The number of nitrogens with one attached hydrogen (secondary N) is 1. The van der Waals surface area contributed by atoms with Gasteiger partial charge in [0.15, 0.2) is 0 Å². The Balaban J connectivity index is 1.70. The number of benzene rings is 2. The molecule has 112 valence electrons. The van der Waals surface area contributed by atoms with Crippen LogP contribution in [0.4, 0.5) is 0 Å². The lowest BCUT2D eigenvalue weighted by Crippen LogP contribution is -2.26. The Hall–Kier alpha value is -1.84. The fraction of sp³-hybridized carbons (Fsp3) is 0.333. The predicted molar refractivity (Wildman–Crippen MR) is 85.7 cm³/mol. The molecule has 2 rings (SSSR count). The molecule has 0 radical (unpaired) electrons. The molecule has 3 nitrogen and oxygen atoms in total. The standard InChI is InChI=1S/C18H23NO2/c1-14-7-6-10-18(15(14)2)21-12-11-19-13-17(20)16-8-4-3-5-9-16/h3-10,17,19-20H,11-13H2,1-2H3. The summed E-state index contributed by atoms with van der Waals surface area (Å²) in [6.45, 7) is 5.97. The van der Waals surface area contributed by atoms with Gasteiger partial charge in [0, 0.05) is 13.1 Å². The topological polar surface area (TPSA) is 41.5 Å². The number of aliphatic hydroxyl groups excluding tert-OH is 1. The van der Waals surface area contributed by atoms with Crippen molar-refractivity contribution in [2.45, 2.75) is 20.0 Å². The van der Waals surface area contributed by atoms with Crippen molar-refractivity contribution >= 4 is 0 Å². The van der Waals surface area contributed by atoms with Crippen LogP contribution >= 0.6 is 0 Å². The van der Waals surface area contributed by atoms with Crippen LogP contribution < -0.4 is 10.1 Å². The Morgan fingerprint density at radius 1 is 1.05 bits per heavy atom. The highest BCUT2D eigenvalue weighted by molar-refractivity contribution is 5.38. The van der Waals surface area contributed by atoms with E-state index in [-0.39, 0.29) is 0 Å². The molecule has 1 atom stereocenters. The molecule has 0 aromatic heterocycles. The van der Waals surface area contributed by atoms with E-state index in [9.17, 15) is 5.11 Å². The highest BCUT2D eigenvalue weighted by Crippen LogP contribution is 2.20. The SMILES string of the molecule is Cc1cccc(OCCNCC(O)c2ccccc2)c1C. The number of hydrogen-bond acceptors (Lipinski definition) is 3. The summed E-state index contributed by atoms with van der Waals surface area (Å²) < 4.78 is 5.76. The molecule has 0 spiro atoms. The molecule has 0 aliphatic rings. The largest absolute Gasteiger partial charge is 0.492 e. The number of aryl methyl sites for hydroxylation is 1. The first kappa shape index (κ1) is 15.5. The zero-order valence-electron chi connectivity index (χ0n) is 12.7. The smallest absolute Gasteiger partial charge is 0.122 e. The monoisotopic (exact) mass is 285 g/mol. The molecule has 0 heterocycles. The Morgan fingerprint density at radius 3 is 2.57 bits per heavy atom. The third-order valence-corrected chi connectivity index (χ3v) is 3.61. The summed E-state index contributed by atoms with van der Waals surface area (Å²) >= 11 is 0. The van der Waals surface area contributed by atoms with Crippen molar-refractivity contribution in [3.8, 4) is 5.75 Å². The molecule has 0 aliphatic heterocycles. The normalized spacial score (nSPS) is 12.1. The van der Waals surface area contributed by atoms with Crippen molar-refractivity contribution in [3.05, 3.63) is 65.2 Å². The van der Waals surface area contributed by atoms with E-state index in [1.807, 2.05) is 42.5 Å². The fourth-order valence-corrected chi connectivity index (χ4v) is 2.15. The highest BCUT2D eigenvalue weighted by atomic mass is 16.5. The first-order valence-electron chi connectivity index (χ1n) is 7.31. The zero-order valence-corrected chi connectivity index (χ0v) is 12.7. The molecule has 0 aliphatic carbocycles. The second kappa shape index (κ2) is 7.81. The molecule has 21 heavy (non-hydrogen) atoms. The van der Waals surface area contributed by atoms with Crippen molar-refractivity contribution in [1.29, 1.82) is 0 Å². The minimum absolute atomic E-state index is 0.480. The summed E-state index contributed by atoms with van der Waals surface area (Å²) in [5, 5.41) is 13.2. The Kier molecular flexibility index (Phi) is 5.78. The van der Waals surface area contributed by atoms with Gasteiger partial charge in [-0.3, -0.25) is 0 Å². The molecule has 2 N–H and O–H groups in total. The van der Waals surface area contributed by atoms with Crippen LogP contribution in [-0.4, -0.2) is 24.8 Å². The van der Waals surface area contributed by atoms with Crippen LogP contribution in [0.15, 0.2) is 48.5 Å². The predicted octanol–water partition coefficient (Wildman–Crippen LogP) is 3.01. The van der Waals surface area contributed by atoms with Crippen molar-refractivity contribution < 1.29 is 9.84 Å². The molecule has 0 amide bonds. The summed E-state index contributed by atoms with van der Waals surface area (Å²) in [4.78, 5) is 0. The van der Waals surface area contributed by atoms with Crippen LogP contribution in [0.5, 0.6) is 5.75 Å². The van der Waals surface area contributed by atoms with Gasteiger partial charge in [0.2, 0.25) is 0 Å². The second-order valence-electron chi connectivity index (χ2n) is 5.18. The lowest BCUT2D eigenvalue weighted by molar-refractivity contribution is 0.172. The fourth-order valence-electron chi connectivity index (χ4n) is 2.15. The first-order valence-corrected chi connectivity index (χ1v) is 7.31. The van der Waals surface area contributed by atoms with Gasteiger partial charge >= 0.3 is 0 Å². The van der Waals surface area contributed by atoms with E-state index < -0.39 is 6.10 Å². The highest BCUT2D eigenvalue weighted by Gasteiger charge is 2.06. The van der Waals surface area contributed by atoms with Crippen molar-refractivity contribution in [2.24, 2.45) is 0 Å². The van der Waals surface area contributed by atoms with Crippen LogP contribution in [0, 0.1) is 13.8 Å². The van der Waals surface area contributed by atoms with Gasteiger partial charge in [-0.2, -0.15) is 0 Å². The number of hydrogen-bond donors (Lipinski definition) is 2. The zero-order chi connectivity index (χ0) is 15.1. The molecule has 0 saturated carbocycles. The van der Waals surface area contributed by atoms with Gasteiger partial charge in [-0.25, -0.2) is 0 Å². The molecule has 0 saturated heterocycles. The van der Waals surface area contributed by atoms with Crippen molar-refractivity contribution in [2.75, 3.05) is 19.7 Å². The van der Waals surface area contributed by atoms with Gasteiger partial charge in [-0.05, 0) is 36.6 Å². The number of ether oxygens (including phenoxy) is 1. The van der Waals surface area contributed by atoms with E-state index >= 15 is 0 Å². The van der Waals surface area contributed by atoms with E-state index in [1.54, 1.807) is 0 Å². The summed E-state index contributed by atoms with van der Waals surface area (Å²) in [6, 6.07) is 15.7. The van der Waals surface area contributed by atoms with E-state index in [0.29, 0.717) is 19.7 Å². The van der Waals surface area contributed by atoms with Crippen LogP contribution in [0.25, 0.3) is 0 Å². The maximum atomic E-state index is 10.0. The Morgan fingerprint density at radius 2 is 1.81 bits per heavy atom. The Labute approximate surface area is 126 Å². The Bertz CT molecular complexity index is 554. The van der Waals surface area contributed by atoms with Crippen molar-refractivity contribution in [1.82, 2.24) is 5.32 Å². The van der Waals surface area contributed by atoms with Gasteiger partial charge in [0.25, 0.3) is 0 Å². The molecular formula is C18H23NO2. The third kappa shape index (κ3) is 4.59. The molecule has 3 heteroatoms. The van der Waals surface area contributed by atoms with E-state index in [4.69, 9.17) is 4.74 Å². The first-order chi connectivity index (χ1) is 10.2. The van der Waals surface area contributed by atoms with E-state index in [2.05, 4.69) is 25.2 Å². The second-order valence-corrected chi connectivity index (χ2v) is 5.18. The van der Waals surface area contributed by atoms with Gasteiger partial charge in [-0.1, -0.05) is 42.5 Å². The van der Waals surface area contributed by atoms with Crippen LogP contribution in [0.3, 0.4) is 0 Å². The maximum Gasteiger partial charge on any atom is 0.122 e. The summed E-state index contributed by atoms with van der Waals surface area (Å²) in [7, 11) is 0. The van der Waals surface area contributed by atoms with Gasteiger partial charge in [0.1, 0.15) is 12.4 Å². The van der Waals surface area contributed by atoms with Gasteiger partial charge in [-0.15, -0.1) is 0 Å². The summed E-state index contributed by atoms with van der Waals surface area (Å²) in [5.41, 5.74) is 3.35. The summed E-state index contributed by atoms with van der Waals surface area (Å²) in [6.07, 6.45) is -0.480. The molecule has 1 unspecified atom stereocenters. The van der Waals surface area contributed by atoms with Gasteiger partial charge < -0.3 is 15.2 Å². The average molecular weight is 285 g/mol. The number of aliphatic hydroxyl groups is 1. The third-order valence-electron chi connectivity index (χ3n) is 3.61. The number of rotatable bonds is 7. The lowest BCUT2D eigenvalue weighted by atomic mass is 10.1. The molecule has 2 aromatic rings. The van der Waals surface area contributed by atoms with Crippen LogP contribution in [0.2, 0.25) is 0 Å². The average Bonchev–Trinajstić information content (AvgIpc) is 2.51. The summed E-state index contributed by atoms with van der Waals surface area (Å²) in [5.74, 6) is 0.931. The van der Waals surface area contributed by atoms with E-state index in [1.165, 1.54) is 11.1 Å². The van der Waals surface area contributed by atoms with Crippen LogP contribution in [0.1, 0.15) is 22.8 Å². The minimum Gasteiger partial charge on any atom is -0.492 e. The minimum atomic E-state index is -0.480. The molecule has 0 fully saturated rings.